The second kappa shape index (κ2) is 6.87. The zero-order chi connectivity index (χ0) is 14.5. The van der Waals surface area contributed by atoms with Gasteiger partial charge in [-0.3, -0.25) is 0 Å². The monoisotopic (exact) mass is 280 g/mol. The van der Waals surface area contributed by atoms with Gasteiger partial charge in [0.05, 0.1) is 6.61 Å². The number of halogens is 2. The fraction of sp³-hybridized carbons (Fsp3) is 0.529. The molecule has 0 amide bonds. The Balaban J connectivity index is 2.20. The Hall–Kier alpha value is -1.38. The Labute approximate surface area is 119 Å². The van der Waals surface area contributed by atoms with Gasteiger partial charge in [0.15, 0.2) is 11.6 Å². The maximum absolute atomic E-state index is 14.1. The van der Waals surface area contributed by atoms with E-state index >= 15 is 0 Å². The summed E-state index contributed by atoms with van der Waals surface area (Å²) in [5, 5.41) is 0. The smallest absolute Gasteiger partial charge is 0.201 e. The molecule has 20 heavy (non-hydrogen) atoms. The van der Waals surface area contributed by atoms with E-state index in [1.54, 1.807) is 13.0 Å². The fourth-order valence-corrected chi connectivity index (χ4v) is 2.85. The predicted molar refractivity (Wildman–Crippen MR) is 77.8 cm³/mol. The molecule has 1 aromatic carbocycles. The third-order valence-electron chi connectivity index (χ3n) is 3.91. The second-order valence-corrected chi connectivity index (χ2v) is 5.33. The van der Waals surface area contributed by atoms with Gasteiger partial charge in [0.25, 0.3) is 0 Å². The summed E-state index contributed by atoms with van der Waals surface area (Å²) < 4.78 is 33.1. The van der Waals surface area contributed by atoms with Gasteiger partial charge in [-0.2, -0.15) is 4.39 Å². The first kappa shape index (κ1) is 15.0. The topological polar surface area (TPSA) is 9.23 Å². The van der Waals surface area contributed by atoms with Crippen LogP contribution in [0.3, 0.4) is 0 Å². The maximum Gasteiger partial charge on any atom is 0.201 e. The zero-order valence-corrected chi connectivity index (χ0v) is 12.2. The number of allylic oxidation sites excluding steroid dienone is 2. The molecule has 1 aliphatic carbocycles. The van der Waals surface area contributed by atoms with E-state index < -0.39 is 11.6 Å². The molecule has 1 nitrogen and oxygen atoms in total. The van der Waals surface area contributed by atoms with Gasteiger partial charge in [-0.15, -0.1) is 0 Å². The largest absolute Gasteiger partial charge is 0.491 e. The van der Waals surface area contributed by atoms with Crippen LogP contribution in [-0.4, -0.2) is 6.61 Å². The average Bonchev–Trinajstić information content (AvgIpc) is 2.46. The summed E-state index contributed by atoms with van der Waals surface area (Å²) in [6.07, 6.45) is 7.33. The maximum atomic E-state index is 14.1. The minimum atomic E-state index is -0.874. The van der Waals surface area contributed by atoms with Gasteiger partial charge in [-0.1, -0.05) is 25.8 Å². The van der Waals surface area contributed by atoms with Crippen LogP contribution in [0, 0.1) is 17.6 Å². The van der Waals surface area contributed by atoms with Crippen LogP contribution < -0.4 is 4.74 Å². The number of ether oxygens (including phenoxy) is 1. The Morgan fingerprint density at radius 1 is 1.20 bits per heavy atom. The highest BCUT2D eigenvalue weighted by molar-refractivity contribution is 5.67. The summed E-state index contributed by atoms with van der Waals surface area (Å²) in [7, 11) is 0. The van der Waals surface area contributed by atoms with Gasteiger partial charge in [0.2, 0.25) is 5.82 Å². The van der Waals surface area contributed by atoms with Crippen molar-refractivity contribution in [1.82, 2.24) is 0 Å². The second-order valence-electron chi connectivity index (χ2n) is 5.33. The van der Waals surface area contributed by atoms with Gasteiger partial charge < -0.3 is 4.74 Å². The van der Waals surface area contributed by atoms with Crippen molar-refractivity contribution in [3.63, 3.8) is 0 Å². The van der Waals surface area contributed by atoms with Crippen molar-refractivity contribution in [2.24, 2.45) is 5.92 Å². The van der Waals surface area contributed by atoms with Crippen LogP contribution in [0.4, 0.5) is 8.78 Å². The van der Waals surface area contributed by atoms with Gasteiger partial charge >= 0.3 is 0 Å². The summed E-state index contributed by atoms with van der Waals surface area (Å²) in [6, 6.07) is 3.16. The number of hydrogen-bond acceptors (Lipinski definition) is 1. The Bertz CT molecular complexity index is 494. The minimum Gasteiger partial charge on any atom is -0.491 e. The van der Waals surface area contributed by atoms with Crippen LogP contribution in [0.15, 0.2) is 18.2 Å². The van der Waals surface area contributed by atoms with Crippen LogP contribution in [0.1, 0.15) is 51.5 Å². The summed E-state index contributed by atoms with van der Waals surface area (Å²) >= 11 is 0. The molecule has 0 bridgehead atoms. The molecule has 3 heteroatoms. The number of benzene rings is 1. The van der Waals surface area contributed by atoms with Crippen LogP contribution >= 0.6 is 0 Å². The van der Waals surface area contributed by atoms with Crippen molar-refractivity contribution in [2.45, 2.75) is 46.0 Å². The van der Waals surface area contributed by atoms with Crippen molar-refractivity contribution in [3.05, 3.63) is 35.4 Å². The van der Waals surface area contributed by atoms with Gasteiger partial charge in [0, 0.05) is 5.56 Å². The molecule has 1 aromatic rings. The summed E-state index contributed by atoms with van der Waals surface area (Å²) in [6.45, 7) is 4.26. The van der Waals surface area contributed by atoms with Crippen LogP contribution in [-0.2, 0) is 0 Å². The molecular formula is C17H22F2O. The van der Waals surface area contributed by atoms with Crippen LogP contribution in [0.5, 0.6) is 5.75 Å². The summed E-state index contributed by atoms with van der Waals surface area (Å²) in [5.74, 6) is -0.967. The van der Waals surface area contributed by atoms with E-state index in [0.29, 0.717) is 18.1 Å². The molecular weight excluding hydrogens is 258 g/mol. The van der Waals surface area contributed by atoms with Gasteiger partial charge in [-0.25, -0.2) is 4.39 Å². The molecule has 0 aliphatic heterocycles. The lowest BCUT2D eigenvalue weighted by molar-refractivity contribution is 0.314. The highest BCUT2D eigenvalue weighted by Crippen LogP contribution is 2.35. The lowest BCUT2D eigenvalue weighted by atomic mass is 9.84. The molecule has 0 spiro atoms. The first-order valence-electron chi connectivity index (χ1n) is 7.47. The van der Waals surface area contributed by atoms with Crippen molar-refractivity contribution in [3.8, 4) is 5.75 Å². The van der Waals surface area contributed by atoms with Crippen LogP contribution in [0.2, 0.25) is 0 Å². The van der Waals surface area contributed by atoms with E-state index in [1.165, 1.54) is 18.9 Å². The lowest BCUT2D eigenvalue weighted by Crippen LogP contribution is -2.07. The molecule has 0 saturated heterocycles. The van der Waals surface area contributed by atoms with Gasteiger partial charge in [0.1, 0.15) is 0 Å². The van der Waals surface area contributed by atoms with Gasteiger partial charge in [-0.05, 0) is 49.8 Å². The first-order chi connectivity index (χ1) is 9.67. The van der Waals surface area contributed by atoms with E-state index in [1.807, 2.05) is 0 Å². The first-order valence-corrected chi connectivity index (χ1v) is 7.47. The Morgan fingerprint density at radius 2 is 2.00 bits per heavy atom. The third kappa shape index (κ3) is 3.20. The van der Waals surface area contributed by atoms with Crippen molar-refractivity contribution >= 4 is 5.57 Å². The fourth-order valence-electron chi connectivity index (χ4n) is 2.85. The summed E-state index contributed by atoms with van der Waals surface area (Å²) in [5.41, 5.74) is 1.32. The van der Waals surface area contributed by atoms with Crippen molar-refractivity contribution in [1.29, 1.82) is 0 Å². The molecule has 110 valence electrons. The molecule has 0 saturated carbocycles. The van der Waals surface area contributed by atoms with E-state index in [0.717, 1.165) is 24.8 Å². The Kier molecular flexibility index (Phi) is 5.16. The van der Waals surface area contributed by atoms with Crippen molar-refractivity contribution in [2.75, 3.05) is 6.61 Å². The predicted octanol–water partition coefficient (Wildman–Crippen LogP) is 5.35. The third-order valence-corrected chi connectivity index (χ3v) is 3.91. The normalized spacial score (nSPS) is 18.8. The van der Waals surface area contributed by atoms with Crippen molar-refractivity contribution < 1.29 is 13.5 Å². The highest BCUT2D eigenvalue weighted by Gasteiger charge is 2.20. The van der Waals surface area contributed by atoms with E-state index in [-0.39, 0.29) is 5.75 Å². The quantitative estimate of drug-likeness (QED) is 0.706. The number of rotatable bonds is 5. The SMILES string of the molecule is CCC[C@@H]1CC=C(c2ccc(OCC)c(F)c2F)CC1. The summed E-state index contributed by atoms with van der Waals surface area (Å²) in [4.78, 5) is 0. The molecule has 0 heterocycles. The molecule has 0 fully saturated rings. The van der Waals surface area contributed by atoms with Crippen LogP contribution in [0.25, 0.3) is 5.57 Å². The zero-order valence-electron chi connectivity index (χ0n) is 12.2. The standard InChI is InChI=1S/C17H22F2O/c1-3-5-12-6-8-13(9-7-12)14-10-11-15(20-4-2)17(19)16(14)18/h8,10-12H,3-7,9H2,1-2H3/t12-/m1/s1. The lowest BCUT2D eigenvalue weighted by Gasteiger charge is -2.22. The molecule has 1 atom stereocenters. The highest BCUT2D eigenvalue weighted by atomic mass is 19.2. The molecule has 1 aliphatic rings. The molecule has 0 radical (unpaired) electrons. The van der Waals surface area contributed by atoms with E-state index in [9.17, 15) is 8.78 Å². The molecule has 2 rings (SSSR count). The minimum absolute atomic E-state index is 0.00554. The van der Waals surface area contributed by atoms with E-state index in [2.05, 4.69) is 13.0 Å². The van der Waals surface area contributed by atoms with E-state index in [4.69, 9.17) is 4.74 Å². The average molecular weight is 280 g/mol. The molecule has 0 N–H and O–H groups in total. The Morgan fingerprint density at radius 3 is 2.60 bits per heavy atom. The molecule has 0 unspecified atom stereocenters. The number of hydrogen-bond donors (Lipinski definition) is 0. The molecule has 0 aromatic heterocycles.